The van der Waals surface area contributed by atoms with Crippen LogP contribution in [0.25, 0.3) is 11.4 Å². The number of tetrazole rings is 1. The molecule has 0 aliphatic heterocycles. The standard InChI is InChI=1S/C20H23N5O3/c1-5-28-18-11-15(7-9-17(18)27-4)20-22-24-25(23-20)12-19(26)21-16-8-6-13(2)14(3)10-16/h6-11H,5,12H2,1-4H3,(H,21,26). The van der Waals surface area contributed by atoms with Crippen molar-refractivity contribution in [3.8, 4) is 22.9 Å². The average Bonchev–Trinajstić information content (AvgIpc) is 3.13. The molecule has 1 heterocycles. The molecule has 146 valence electrons. The molecular formula is C20H23N5O3. The number of hydrogen-bond acceptors (Lipinski definition) is 6. The smallest absolute Gasteiger partial charge is 0.248 e. The van der Waals surface area contributed by atoms with E-state index in [9.17, 15) is 4.79 Å². The Morgan fingerprint density at radius 2 is 1.93 bits per heavy atom. The Labute approximate surface area is 163 Å². The predicted molar refractivity (Wildman–Crippen MR) is 106 cm³/mol. The van der Waals surface area contributed by atoms with E-state index in [1.807, 2.05) is 45.0 Å². The first-order chi connectivity index (χ1) is 13.5. The van der Waals surface area contributed by atoms with Gasteiger partial charge in [0.25, 0.3) is 0 Å². The van der Waals surface area contributed by atoms with Gasteiger partial charge in [0, 0.05) is 11.3 Å². The van der Waals surface area contributed by atoms with Crippen molar-refractivity contribution < 1.29 is 14.3 Å². The highest BCUT2D eigenvalue weighted by molar-refractivity contribution is 5.90. The number of aromatic nitrogens is 4. The second-order valence-corrected chi connectivity index (χ2v) is 6.29. The molecule has 8 nitrogen and oxygen atoms in total. The molecule has 0 spiro atoms. The summed E-state index contributed by atoms with van der Waals surface area (Å²) >= 11 is 0. The number of methoxy groups -OCH3 is 1. The van der Waals surface area contributed by atoms with Gasteiger partial charge < -0.3 is 14.8 Å². The van der Waals surface area contributed by atoms with Gasteiger partial charge in [-0.05, 0) is 67.4 Å². The maximum absolute atomic E-state index is 12.3. The first-order valence-corrected chi connectivity index (χ1v) is 8.96. The number of ether oxygens (including phenoxy) is 2. The van der Waals surface area contributed by atoms with Crippen molar-refractivity contribution in [3.63, 3.8) is 0 Å². The number of benzene rings is 2. The van der Waals surface area contributed by atoms with E-state index in [0.29, 0.717) is 23.9 Å². The van der Waals surface area contributed by atoms with E-state index in [1.54, 1.807) is 19.2 Å². The number of rotatable bonds is 7. The van der Waals surface area contributed by atoms with Crippen molar-refractivity contribution in [2.24, 2.45) is 0 Å². The summed E-state index contributed by atoms with van der Waals surface area (Å²) in [6.07, 6.45) is 0. The van der Waals surface area contributed by atoms with Crippen molar-refractivity contribution in [3.05, 3.63) is 47.5 Å². The lowest BCUT2D eigenvalue weighted by atomic mass is 10.1. The van der Waals surface area contributed by atoms with Crippen LogP contribution in [0.3, 0.4) is 0 Å². The lowest BCUT2D eigenvalue weighted by Gasteiger charge is -2.09. The molecule has 3 rings (SSSR count). The first kappa shape index (κ1) is 19.3. The van der Waals surface area contributed by atoms with Gasteiger partial charge in [-0.15, -0.1) is 10.2 Å². The van der Waals surface area contributed by atoms with Crippen LogP contribution >= 0.6 is 0 Å². The van der Waals surface area contributed by atoms with Gasteiger partial charge in [-0.2, -0.15) is 4.80 Å². The molecule has 0 aliphatic rings. The van der Waals surface area contributed by atoms with Crippen molar-refractivity contribution in [2.75, 3.05) is 19.0 Å². The van der Waals surface area contributed by atoms with Crippen molar-refractivity contribution in [1.82, 2.24) is 20.2 Å². The Balaban J connectivity index is 1.70. The molecule has 8 heteroatoms. The van der Waals surface area contributed by atoms with Crippen molar-refractivity contribution >= 4 is 11.6 Å². The summed E-state index contributed by atoms with van der Waals surface area (Å²) in [7, 11) is 1.58. The van der Waals surface area contributed by atoms with Crippen molar-refractivity contribution in [2.45, 2.75) is 27.3 Å². The minimum absolute atomic E-state index is 0.0333. The number of nitrogens with one attached hydrogen (secondary N) is 1. The fourth-order valence-electron chi connectivity index (χ4n) is 2.66. The minimum Gasteiger partial charge on any atom is -0.493 e. The zero-order valence-corrected chi connectivity index (χ0v) is 16.4. The summed E-state index contributed by atoms with van der Waals surface area (Å²) in [4.78, 5) is 13.5. The number of carbonyl (C=O) groups excluding carboxylic acids is 1. The molecule has 2 aromatic carbocycles. The molecule has 1 aromatic heterocycles. The third-order valence-electron chi connectivity index (χ3n) is 4.25. The summed E-state index contributed by atoms with van der Waals surface area (Å²) in [6, 6.07) is 11.2. The highest BCUT2D eigenvalue weighted by Crippen LogP contribution is 2.31. The number of anilines is 1. The molecule has 0 unspecified atom stereocenters. The minimum atomic E-state index is -0.225. The maximum Gasteiger partial charge on any atom is 0.248 e. The van der Waals surface area contributed by atoms with Gasteiger partial charge in [0.15, 0.2) is 11.5 Å². The quantitative estimate of drug-likeness (QED) is 0.676. The Morgan fingerprint density at radius 3 is 2.64 bits per heavy atom. The Bertz CT molecular complexity index is 984. The van der Waals surface area contributed by atoms with Gasteiger partial charge >= 0.3 is 0 Å². The number of hydrogen-bond donors (Lipinski definition) is 1. The largest absolute Gasteiger partial charge is 0.493 e. The zero-order chi connectivity index (χ0) is 20.1. The monoisotopic (exact) mass is 381 g/mol. The van der Waals surface area contributed by atoms with Crippen LogP contribution in [0.15, 0.2) is 36.4 Å². The molecule has 0 saturated heterocycles. The van der Waals surface area contributed by atoms with Gasteiger partial charge in [0.05, 0.1) is 13.7 Å². The molecule has 1 N–H and O–H groups in total. The van der Waals surface area contributed by atoms with Crippen LogP contribution in [-0.2, 0) is 11.3 Å². The molecule has 3 aromatic rings. The summed E-state index contributed by atoms with van der Waals surface area (Å²) in [5.74, 6) is 1.41. The first-order valence-electron chi connectivity index (χ1n) is 8.96. The molecule has 0 atom stereocenters. The fraction of sp³-hybridized carbons (Fsp3) is 0.300. The number of nitrogens with zero attached hydrogens (tertiary/aromatic N) is 4. The summed E-state index contributed by atoms with van der Waals surface area (Å²) in [6.45, 7) is 6.40. The molecule has 0 radical (unpaired) electrons. The van der Waals surface area contributed by atoms with Crippen LogP contribution in [-0.4, -0.2) is 39.8 Å². The molecule has 0 fully saturated rings. The third-order valence-corrected chi connectivity index (χ3v) is 4.25. The zero-order valence-electron chi connectivity index (χ0n) is 16.4. The molecule has 1 amide bonds. The SMILES string of the molecule is CCOc1cc(-c2nnn(CC(=O)Nc3ccc(C)c(C)c3)n2)ccc1OC. The second-order valence-electron chi connectivity index (χ2n) is 6.29. The lowest BCUT2D eigenvalue weighted by Crippen LogP contribution is -2.20. The third kappa shape index (κ3) is 4.46. The molecule has 0 saturated carbocycles. The highest BCUT2D eigenvalue weighted by Gasteiger charge is 2.13. The number of amides is 1. The maximum atomic E-state index is 12.3. The van der Waals surface area contributed by atoms with Crippen LogP contribution < -0.4 is 14.8 Å². The summed E-state index contributed by atoms with van der Waals surface area (Å²) in [5, 5.41) is 15.1. The summed E-state index contributed by atoms with van der Waals surface area (Å²) in [5.41, 5.74) is 3.75. The van der Waals surface area contributed by atoms with E-state index in [0.717, 1.165) is 16.8 Å². The van der Waals surface area contributed by atoms with E-state index >= 15 is 0 Å². The molecule has 0 bridgehead atoms. The van der Waals surface area contributed by atoms with Crippen LogP contribution in [0.1, 0.15) is 18.1 Å². The van der Waals surface area contributed by atoms with Gasteiger partial charge in [-0.1, -0.05) is 6.07 Å². The molecule has 28 heavy (non-hydrogen) atoms. The van der Waals surface area contributed by atoms with Gasteiger partial charge in [0.2, 0.25) is 11.7 Å². The van der Waals surface area contributed by atoms with E-state index in [2.05, 4.69) is 20.7 Å². The van der Waals surface area contributed by atoms with Gasteiger partial charge in [-0.25, -0.2) is 0 Å². The Hall–Kier alpha value is -3.42. The molecule has 0 aliphatic carbocycles. The second kappa shape index (κ2) is 8.51. The Morgan fingerprint density at radius 1 is 1.11 bits per heavy atom. The van der Waals surface area contributed by atoms with Crippen LogP contribution in [0, 0.1) is 13.8 Å². The summed E-state index contributed by atoms with van der Waals surface area (Å²) < 4.78 is 10.9. The van der Waals surface area contributed by atoms with Gasteiger partial charge in [-0.3, -0.25) is 4.79 Å². The number of aryl methyl sites for hydroxylation is 2. The van der Waals surface area contributed by atoms with E-state index in [-0.39, 0.29) is 12.5 Å². The molecular weight excluding hydrogens is 358 g/mol. The lowest BCUT2D eigenvalue weighted by molar-refractivity contribution is -0.117. The Kier molecular flexibility index (Phi) is 5.88. The highest BCUT2D eigenvalue weighted by atomic mass is 16.5. The van der Waals surface area contributed by atoms with E-state index < -0.39 is 0 Å². The van der Waals surface area contributed by atoms with Crippen LogP contribution in [0.2, 0.25) is 0 Å². The topological polar surface area (TPSA) is 91.2 Å². The van der Waals surface area contributed by atoms with Crippen LogP contribution in [0.5, 0.6) is 11.5 Å². The normalized spacial score (nSPS) is 10.6. The van der Waals surface area contributed by atoms with Crippen LogP contribution in [0.4, 0.5) is 5.69 Å². The van der Waals surface area contributed by atoms with E-state index in [1.165, 1.54) is 10.4 Å². The van der Waals surface area contributed by atoms with Crippen molar-refractivity contribution in [1.29, 1.82) is 0 Å². The van der Waals surface area contributed by atoms with E-state index in [4.69, 9.17) is 9.47 Å². The average molecular weight is 381 g/mol. The number of carbonyl (C=O) groups is 1. The predicted octanol–water partition coefficient (Wildman–Crippen LogP) is 3.00. The van der Waals surface area contributed by atoms with Gasteiger partial charge in [0.1, 0.15) is 6.54 Å². The fourth-order valence-corrected chi connectivity index (χ4v) is 2.66.